The van der Waals surface area contributed by atoms with E-state index in [0.29, 0.717) is 15.8 Å². The summed E-state index contributed by atoms with van der Waals surface area (Å²) in [7, 11) is 1.52. The first-order chi connectivity index (χ1) is 6.61. The summed E-state index contributed by atoms with van der Waals surface area (Å²) in [5, 5.41) is 18.4. The van der Waals surface area contributed by atoms with Gasteiger partial charge >= 0.3 is 0 Å². The van der Waals surface area contributed by atoms with Crippen LogP contribution in [0.1, 0.15) is 11.6 Å². The molecule has 1 atom stereocenters. The Balaban J connectivity index is 3.25. The van der Waals surface area contributed by atoms with Gasteiger partial charge in [-0.05, 0) is 28.1 Å². The molecular formula is C9H12BrNO3. The van der Waals surface area contributed by atoms with Crippen LogP contribution in [0, 0.1) is 0 Å². The number of aliphatic hydroxyl groups excluding tert-OH is 1. The predicted octanol–water partition coefficient (Wildman–Crippen LogP) is 1.16. The standard InChI is InChI=1S/C9H12BrNO3/c1-14-7-3-2-6(13)8(9(7)10)5(11)4-12/h2-3,5,12-13H,4,11H2,1H3. The molecule has 0 bridgehead atoms. The molecule has 1 aromatic rings. The highest BCUT2D eigenvalue weighted by atomic mass is 79.9. The third kappa shape index (κ3) is 2.00. The third-order valence-corrected chi connectivity index (χ3v) is 2.73. The van der Waals surface area contributed by atoms with E-state index in [9.17, 15) is 5.11 Å². The lowest BCUT2D eigenvalue weighted by Gasteiger charge is -2.15. The Bertz CT molecular complexity index is 330. The molecule has 5 heteroatoms. The second-order valence-electron chi connectivity index (χ2n) is 2.80. The Hall–Kier alpha value is -0.780. The van der Waals surface area contributed by atoms with Gasteiger partial charge in [0, 0.05) is 5.56 Å². The zero-order valence-electron chi connectivity index (χ0n) is 7.70. The van der Waals surface area contributed by atoms with Gasteiger partial charge < -0.3 is 20.7 Å². The number of nitrogens with two attached hydrogens (primary N) is 1. The molecule has 1 unspecified atom stereocenters. The number of rotatable bonds is 3. The van der Waals surface area contributed by atoms with Crippen molar-refractivity contribution in [2.24, 2.45) is 5.73 Å². The fourth-order valence-corrected chi connectivity index (χ4v) is 1.96. The Morgan fingerprint density at radius 3 is 2.71 bits per heavy atom. The lowest BCUT2D eigenvalue weighted by Crippen LogP contribution is -2.15. The summed E-state index contributed by atoms with van der Waals surface area (Å²) in [6.45, 7) is -0.237. The largest absolute Gasteiger partial charge is 0.508 e. The Kier molecular flexibility index (Phi) is 3.74. The maximum absolute atomic E-state index is 9.54. The van der Waals surface area contributed by atoms with Crippen molar-refractivity contribution >= 4 is 15.9 Å². The fourth-order valence-electron chi connectivity index (χ4n) is 1.16. The van der Waals surface area contributed by atoms with Crippen LogP contribution in [0.25, 0.3) is 0 Å². The van der Waals surface area contributed by atoms with Crippen molar-refractivity contribution in [1.82, 2.24) is 0 Å². The van der Waals surface area contributed by atoms with Gasteiger partial charge in [-0.25, -0.2) is 0 Å². The smallest absolute Gasteiger partial charge is 0.133 e. The summed E-state index contributed by atoms with van der Waals surface area (Å²) in [4.78, 5) is 0. The van der Waals surface area contributed by atoms with Gasteiger partial charge in [-0.1, -0.05) is 0 Å². The van der Waals surface area contributed by atoms with Crippen molar-refractivity contribution in [3.05, 3.63) is 22.2 Å². The molecule has 4 nitrogen and oxygen atoms in total. The van der Waals surface area contributed by atoms with Crippen molar-refractivity contribution in [2.75, 3.05) is 13.7 Å². The lowest BCUT2D eigenvalue weighted by atomic mass is 10.1. The van der Waals surface area contributed by atoms with Crippen molar-refractivity contribution in [3.63, 3.8) is 0 Å². The SMILES string of the molecule is COc1ccc(O)c(C(N)CO)c1Br. The normalized spacial score (nSPS) is 12.6. The Labute approximate surface area is 90.4 Å². The van der Waals surface area contributed by atoms with Gasteiger partial charge in [0.25, 0.3) is 0 Å². The van der Waals surface area contributed by atoms with Crippen LogP contribution >= 0.6 is 15.9 Å². The van der Waals surface area contributed by atoms with Crippen LogP contribution in [-0.4, -0.2) is 23.9 Å². The molecule has 0 saturated carbocycles. The second-order valence-corrected chi connectivity index (χ2v) is 3.60. The van der Waals surface area contributed by atoms with Crippen LogP contribution in [0.15, 0.2) is 16.6 Å². The average Bonchev–Trinajstić information content (AvgIpc) is 2.18. The quantitative estimate of drug-likeness (QED) is 0.763. The van der Waals surface area contributed by atoms with Gasteiger partial charge in [0.15, 0.2) is 0 Å². The van der Waals surface area contributed by atoms with E-state index in [4.69, 9.17) is 15.6 Å². The van der Waals surface area contributed by atoms with E-state index in [1.807, 2.05) is 0 Å². The van der Waals surface area contributed by atoms with Gasteiger partial charge in [0.1, 0.15) is 11.5 Å². The predicted molar refractivity (Wildman–Crippen MR) is 56.4 cm³/mol. The van der Waals surface area contributed by atoms with Gasteiger partial charge in [-0.3, -0.25) is 0 Å². The van der Waals surface area contributed by atoms with Gasteiger partial charge in [0.05, 0.1) is 24.2 Å². The minimum atomic E-state index is -0.625. The van der Waals surface area contributed by atoms with E-state index < -0.39 is 6.04 Å². The van der Waals surface area contributed by atoms with Crippen molar-refractivity contribution in [2.45, 2.75) is 6.04 Å². The summed E-state index contributed by atoms with van der Waals surface area (Å²) in [6, 6.07) is 2.47. The van der Waals surface area contributed by atoms with Crippen LogP contribution < -0.4 is 10.5 Å². The van der Waals surface area contributed by atoms with E-state index in [1.165, 1.54) is 13.2 Å². The number of phenols is 1. The molecule has 0 saturated heterocycles. The summed E-state index contributed by atoms with van der Waals surface area (Å²) >= 11 is 3.26. The Morgan fingerprint density at radius 2 is 2.21 bits per heavy atom. The van der Waals surface area contributed by atoms with Gasteiger partial charge in [-0.2, -0.15) is 0 Å². The molecule has 0 aliphatic heterocycles. The molecule has 0 heterocycles. The monoisotopic (exact) mass is 261 g/mol. The molecule has 0 aliphatic carbocycles. The number of halogens is 1. The van der Waals surface area contributed by atoms with Crippen LogP contribution in [0.2, 0.25) is 0 Å². The average molecular weight is 262 g/mol. The number of methoxy groups -OCH3 is 1. The number of aliphatic hydroxyl groups is 1. The minimum Gasteiger partial charge on any atom is -0.508 e. The van der Waals surface area contributed by atoms with Crippen LogP contribution in [0.5, 0.6) is 11.5 Å². The molecule has 0 spiro atoms. The summed E-state index contributed by atoms with van der Waals surface area (Å²) in [5.41, 5.74) is 6.07. The highest BCUT2D eigenvalue weighted by Crippen LogP contribution is 2.37. The number of aromatic hydroxyl groups is 1. The molecular weight excluding hydrogens is 250 g/mol. The minimum absolute atomic E-state index is 0.0409. The number of hydrogen-bond acceptors (Lipinski definition) is 4. The maximum atomic E-state index is 9.54. The molecule has 0 radical (unpaired) electrons. The molecule has 1 aromatic carbocycles. The first-order valence-corrected chi connectivity index (χ1v) is 4.83. The zero-order chi connectivity index (χ0) is 10.7. The molecule has 78 valence electrons. The maximum Gasteiger partial charge on any atom is 0.133 e. The summed E-state index contributed by atoms with van der Waals surface area (Å²) in [6.07, 6.45) is 0. The second kappa shape index (κ2) is 4.63. The molecule has 0 fully saturated rings. The van der Waals surface area contributed by atoms with Crippen LogP contribution in [0.3, 0.4) is 0 Å². The summed E-state index contributed by atoms with van der Waals surface area (Å²) in [5.74, 6) is 0.612. The topological polar surface area (TPSA) is 75.7 Å². The number of hydrogen-bond donors (Lipinski definition) is 3. The van der Waals surface area contributed by atoms with Crippen molar-refractivity contribution in [3.8, 4) is 11.5 Å². The highest BCUT2D eigenvalue weighted by Gasteiger charge is 2.17. The van der Waals surface area contributed by atoms with E-state index in [2.05, 4.69) is 15.9 Å². The first-order valence-electron chi connectivity index (χ1n) is 4.03. The van der Waals surface area contributed by atoms with E-state index in [0.717, 1.165) is 0 Å². The van der Waals surface area contributed by atoms with Crippen LogP contribution in [0.4, 0.5) is 0 Å². The van der Waals surface area contributed by atoms with E-state index in [1.54, 1.807) is 6.07 Å². The van der Waals surface area contributed by atoms with E-state index >= 15 is 0 Å². The first kappa shape index (κ1) is 11.3. The molecule has 0 amide bonds. The molecule has 4 N–H and O–H groups in total. The van der Waals surface area contributed by atoms with E-state index in [-0.39, 0.29) is 12.4 Å². The number of ether oxygens (including phenoxy) is 1. The highest BCUT2D eigenvalue weighted by molar-refractivity contribution is 9.10. The number of phenolic OH excluding ortho intramolecular Hbond substituents is 1. The molecule has 0 aliphatic rings. The Morgan fingerprint density at radius 1 is 1.57 bits per heavy atom. The zero-order valence-corrected chi connectivity index (χ0v) is 9.28. The lowest BCUT2D eigenvalue weighted by molar-refractivity contribution is 0.264. The van der Waals surface area contributed by atoms with Crippen LogP contribution in [-0.2, 0) is 0 Å². The third-order valence-electron chi connectivity index (χ3n) is 1.91. The van der Waals surface area contributed by atoms with Gasteiger partial charge in [-0.15, -0.1) is 0 Å². The summed E-state index contributed by atoms with van der Waals surface area (Å²) < 4.78 is 5.61. The molecule has 1 rings (SSSR count). The number of benzene rings is 1. The molecule has 14 heavy (non-hydrogen) atoms. The van der Waals surface area contributed by atoms with Crippen molar-refractivity contribution in [1.29, 1.82) is 0 Å². The fraction of sp³-hybridized carbons (Fsp3) is 0.333. The van der Waals surface area contributed by atoms with Gasteiger partial charge in [0.2, 0.25) is 0 Å². The van der Waals surface area contributed by atoms with Crippen molar-refractivity contribution < 1.29 is 14.9 Å². The molecule has 0 aromatic heterocycles.